The van der Waals surface area contributed by atoms with E-state index in [9.17, 15) is 18.8 Å². The average Bonchev–Trinajstić information content (AvgIpc) is 3.18. The second-order valence-electron chi connectivity index (χ2n) is 6.49. The zero-order valence-corrected chi connectivity index (χ0v) is 16.2. The number of aryl methyl sites for hydroxylation is 1. The number of benzene rings is 2. The first kappa shape index (κ1) is 18.8. The van der Waals surface area contributed by atoms with E-state index >= 15 is 0 Å². The topological polar surface area (TPSA) is 73.1 Å². The van der Waals surface area contributed by atoms with E-state index < -0.39 is 23.0 Å². The highest BCUT2D eigenvalue weighted by Crippen LogP contribution is 2.18. The van der Waals surface area contributed by atoms with Crippen LogP contribution in [0.4, 0.5) is 10.1 Å². The molecular formula is C21H16FN3O3S. The molecule has 0 fully saturated rings. The number of amides is 1. The third kappa shape index (κ3) is 3.50. The van der Waals surface area contributed by atoms with Crippen LogP contribution in [0.5, 0.6) is 0 Å². The van der Waals surface area contributed by atoms with Crippen molar-refractivity contribution in [3.8, 4) is 5.69 Å². The molecule has 2 heterocycles. The molecule has 6 nitrogen and oxygen atoms in total. The summed E-state index contributed by atoms with van der Waals surface area (Å²) in [5.74, 6) is -0.848. The molecular weight excluding hydrogens is 393 g/mol. The summed E-state index contributed by atoms with van der Waals surface area (Å²) in [5, 5.41) is 4.40. The van der Waals surface area contributed by atoms with Gasteiger partial charge in [-0.2, -0.15) is 0 Å². The van der Waals surface area contributed by atoms with Gasteiger partial charge < -0.3 is 5.32 Å². The number of nitrogens with zero attached hydrogens (tertiary/aromatic N) is 2. The van der Waals surface area contributed by atoms with Crippen molar-refractivity contribution in [1.29, 1.82) is 0 Å². The lowest BCUT2D eigenvalue weighted by molar-refractivity contribution is -0.116. The van der Waals surface area contributed by atoms with E-state index in [2.05, 4.69) is 5.32 Å². The fraction of sp³-hybridized carbons (Fsp3) is 0.0952. The maximum Gasteiger partial charge on any atom is 0.336 e. The zero-order valence-electron chi connectivity index (χ0n) is 15.4. The van der Waals surface area contributed by atoms with Crippen molar-refractivity contribution in [2.45, 2.75) is 13.5 Å². The van der Waals surface area contributed by atoms with E-state index in [1.54, 1.807) is 48.7 Å². The van der Waals surface area contributed by atoms with Gasteiger partial charge in [-0.05, 0) is 54.3 Å². The number of anilines is 1. The average molecular weight is 409 g/mol. The SMILES string of the molecule is Cc1cc(F)ccc1NC(=O)Cn1c(=O)n(-c2ccccc2)c(=O)c2sccc21. The maximum atomic E-state index is 13.3. The van der Waals surface area contributed by atoms with Gasteiger partial charge in [-0.1, -0.05) is 18.2 Å². The Balaban J connectivity index is 1.78. The number of nitrogens with one attached hydrogen (secondary N) is 1. The number of rotatable bonds is 4. The Morgan fingerprint density at radius 2 is 1.86 bits per heavy atom. The van der Waals surface area contributed by atoms with Gasteiger partial charge in [0.1, 0.15) is 17.1 Å². The van der Waals surface area contributed by atoms with E-state index in [-0.39, 0.29) is 6.54 Å². The summed E-state index contributed by atoms with van der Waals surface area (Å²) in [7, 11) is 0. The fourth-order valence-corrected chi connectivity index (χ4v) is 3.97. The Hall–Kier alpha value is -3.52. The van der Waals surface area contributed by atoms with Crippen molar-refractivity contribution >= 4 is 33.1 Å². The van der Waals surface area contributed by atoms with Gasteiger partial charge in [-0.25, -0.2) is 13.8 Å². The molecule has 2 aromatic carbocycles. The van der Waals surface area contributed by atoms with Crippen LogP contribution in [0, 0.1) is 12.7 Å². The van der Waals surface area contributed by atoms with Crippen molar-refractivity contribution in [1.82, 2.24) is 9.13 Å². The van der Waals surface area contributed by atoms with Crippen LogP contribution in [-0.2, 0) is 11.3 Å². The minimum Gasteiger partial charge on any atom is -0.324 e. The molecule has 0 aliphatic heterocycles. The van der Waals surface area contributed by atoms with Gasteiger partial charge in [0.2, 0.25) is 5.91 Å². The number of hydrogen-bond donors (Lipinski definition) is 1. The maximum absolute atomic E-state index is 13.3. The number of fused-ring (bicyclic) bond motifs is 1. The molecule has 0 bridgehead atoms. The molecule has 0 saturated carbocycles. The van der Waals surface area contributed by atoms with Gasteiger partial charge in [0.15, 0.2) is 0 Å². The molecule has 0 unspecified atom stereocenters. The number of aromatic nitrogens is 2. The minimum atomic E-state index is -0.599. The summed E-state index contributed by atoms with van der Waals surface area (Å²) in [4.78, 5) is 38.6. The van der Waals surface area contributed by atoms with Crippen LogP contribution in [0.3, 0.4) is 0 Å². The molecule has 0 radical (unpaired) electrons. The quantitative estimate of drug-likeness (QED) is 0.562. The van der Waals surface area contributed by atoms with Gasteiger partial charge in [-0.3, -0.25) is 14.2 Å². The highest BCUT2D eigenvalue weighted by Gasteiger charge is 2.17. The Bertz CT molecular complexity index is 1340. The summed E-state index contributed by atoms with van der Waals surface area (Å²) < 4.78 is 16.0. The van der Waals surface area contributed by atoms with Crippen LogP contribution in [0.2, 0.25) is 0 Å². The lowest BCUT2D eigenvalue weighted by Crippen LogP contribution is -2.40. The smallest absolute Gasteiger partial charge is 0.324 e. The first-order chi connectivity index (χ1) is 14.0. The lowest BCUT2D eigenvalue weighted by Gasteiger charge is -2.13. The van der Waals surface area contributed by atoms with Crippen LogP contribution in [0.15, 0.2) is 69.6 Å². The van der Waals surface area contributed by atoms with E-state index in [1.807, 2.05) is 0 Å². The molecule has 146 valence electrons. The molecule has 4 aromatic rings. The monoisotopic (exact) mass is 409 g/mol. The van der Waals surface area contributed by atoms with Crippen LogP contribution in [-0.4, -0.2) is 15.0 Å². The van der Waals surface area contributed by atoms with Gasteiger partial charge in [0.25, 0.3) is 5.56 Å². The minimum absolute atomic E-state index is 0.282. The van der Waals surface area contributed by atoms with E-state index in [1.165, 1.54) is 34.1 Å². The molecule has 0 saturated heterocycles. The van der Waals surface area contributed by atoms with Gasteiger partial charge in [-0.15, -0.1) is 11.3 Å². The number of carbonyl (C=O) groups is 1. The second kappa shape index (κ2) is 7.48. The summed E-state index contributed by atoms with van der Waals surface area (Å²) >= 11 is 1.21. The number of para-hydroxylation sites is 1. The number of thiophene rings is 1. The molecule has 2 aromatic heterocycles. The summed E-state index contributed by atoms with van der Waals surface area (Å²) in [6.07, 6.45) is 0. The first-order valence-corrected chi connectivity index (χ1v) is 9.68. The molecule has 8 heteroatoms. The van der Waals surface area contributed by atoms with Crippen LogP contribution >= 0.6 is 11.3 Å². The van der Waals surface area contributed by atoms with Gasteiger partial charge in [0.05, 0.1) is 11.2 Å². The van der Waals surface area contributed by atoms with Crippen LogP contribution in [0.25, 0.3) is 15.9 Å². The normalized spacial score (nSPS) is 11.0. The molecule has 1 amide bonds. The molecule has 4 rings (SSSR count). The fourth-order valence-electron chi connectivity index (χ4n) is 3.15. The molecule has 0 aliphatic carbocycles. The standard InChI is InChI=1S/C21H16FN3O3S/c1-13-11-14(22)7-8-16(13)23-18(26)12-24-17-9-10-29-19(17)20(27)25(21(24)28)15-5-3-2-4-6-15/h2-11H,12H2,1H3,(H,23,26). The van der Waals surface area contributed by atoms with Crippen molar-refractivity contribution in [3.63, 3.8) is 0 Å². The number of carbonyl (C=O) groups excluding carboxylic acids is 1. The second-order valence-corrected chi connectivity index (χ2v) is 7.40. The molecule has 0 atom stereocenters. The summed E-state index contributed by atoms with van der Waals surface area (Å²) in [6, 6.07) is 14.3. The van der Waals surface area contributed by atoms with Crippen molar-refractivity contribution in [2.24, 2.45) is 0 Å². The lowest BCUT2D eigenvalue weighted by atomic mass is 10.2. The zero-order chi connectivity index (χ0) is 20.5. The Morgan fingerprint density at radius 1 is 1.10 bits per heavy atom. The van der Waals surface area contributed by atoms with Gasteiger partial charge >= 0.3 is 5.69 Å². The Kier molecular flexibility index (Phi) is 4.85. The number of halogens is 1. The molecule has 1 N–H and O–H groups in total. The van der Waals surface area contributed by atoms with Crippen LogP contribution in [0.1, 0.15) is 5.56 Å². The number of hydrogen-bond acceptors (Lipinski definition) is 4. The van der Waals surface area contributed by atoms with Crippen LogP contribution < -0.4 is 16.6 Å². The molecule has 0 aliphatic rings. The van der Waals surface area contributed by atoms with Crippen molar-refractivity contribution < 1.29 is 9.18 Å². The van der Waals surface area contributed by atoms with E-state index in [0.29, 0.717) is 27.2 Å². The highest BCUT2D eigenvalue weighted by molar-refractivity contribution is 7.17. The highest BCUT2D eigenvalue weighted by atomic mass is 32.1. The first-order valence-electron chi connectivity index (χ1n) is 8.80. The summed E-state index contributed by atoms with van der Waals surface area (Å²) in [6.45, 7) is 1.40. The van der Waals surface area contributed by atoms with Gasteiger partial charge in [0, 0.05) is 5.69 Å². The predicted octanol–water partition coefficient (Wildman–Crippen LogP) is 3.30. The molecule has 0 spiro atoms. The predicted molar refractivity (Wildman–Crippen MR) is 111 cm³/mol. The van der Waals surface area contributed by atoms with E-state index in [0.717, 1.165) is 4.57 Å². The third-order valence-corrected chi connectivity index (χ3v) is 5.43. The largest absolute Gasteiger partial charge is 0.336 e. The Morgan fingerprint density at radius 3 is 2.59 bits per heavy atom. The molecule has 29 heavy (non-hydrogen) atoms. The Labute approximate surface area is 168 Å². The summed E-state index contributed by atoms with van der Waals surface area (Å²) in [5.41, 5.74) is 0.850. The third-order valence-electron chi connectivity index (χ3n) is 4.53. The van der Waals surface area contributed by atoms with Crippen molar-refractivity contribution in [3.05, 3.63) is 92.2 Å². The van der Waals surface area contributed by atoms with Crippen molar-refractivity contribution in [2.75, 3.05) is 5.32 Å². The van der Waals surface area contributed by atoms with E-state index in [4.69, 9.17) is 0 Å².